The normalized spacial score (nSPS) is 11.7. The molecule has 0 heterocycles. The summed E-state index contributed by atoms with van der Waals surface area (Å²) in [5.74, 6) is -0.608. The molecule has 0 aliphatic rings. The SMILES string of the molecule is CN(c1ccccc1C(=O)NCc1cccc(C(F)(F)F)c1)S(=O)(=O)c1ccccc1. The average molecular weight is 448 g/mol. The van der Waals surface area contributed by atoms with Crippen molar-refractivity contribution in [3.05, 3.63) is 95.6 Å². The standard InChI is InChI=1S/C22H19F3N2O3S/c1-27(31(29,30)18-10-3-2-4-11-18)20-13-6-5-12-19(20)21(28)26-15-16-8-7-9-17(14-16)22(23,24)25/h2-14H,15H2,1H3,(H,26,28). The molecule has 3 aromatic rings. The van der Waals surface area contributed by atoms with Gasteiger partial charge in [-0.25, -0.2) is 8.42 Å². The number of benzene rings is 3. The van der Waals surface area contributed by atoms with E-state index in [1.807, 2.05) is 0 Å². The Morgan fingerprint density at radius 2 is 1.58 bits per heavy atom. The van der Waals surface area contributed by atoms with Gasteiger partial charge in [-0.05, 0) is 42.0 Å². The number of rotatable bonds is 6. The van der Waals surface area contributed by atoms with Gasteiger partial charge in [0.1, 0.15) is 0 Å². The van der Waals surface area contributed by atoms with Crippen LogP contribution in [0.5, 0.6) is 0 Å². The smallest absolute Gasteiger partial charge is 0.348 e. The number of anilines is 1. The lowest BCUT2D eigenvalue weighted by Crippen LogP contribution is -2.30. The average Bonchev–Trinajstić information content (AvgIpc) is 2.77. The number of alkyl halides is 3. The predicted molar refractivity (Wildman–Crippen MR) is 111 cm³/mol. The zero-order chi connectivity index (χ0) is 22.6. The number of amides is 1. The molecule has 9 heteroatoms. The van der Waals surface area contributed by atoms with Crippen LogP contribution in [-0.2, 0) is 22.7 Å². The van der Waals surface area contributed by atoms with Crippen LogP contribution in [0.3, 0.4) is 0 Å². The highest BCUT2D eigenvalue weighted by Crippen LogP contribution is 2.30. The van der Waals surface area contributed by atoms with E-state index in [9.17, 15) is 26.4 Å². The predicted octanol–water partition coefficient (Wildman–Crippen LogP) is 4.46. The monoisotopic (exact) mass is 448 g/mol. The fourth-order valence-electron chi connectivity index (χ4n) is 2.96. The van der Waals surface area contributed by atoms with Crippen molar-refractivity contribution in [3.63, 3.8) is 0 Å². The molecule has 0 radical (unpaired) electrons. The summed E-state index contributed by atoms with van der Waals surface area (Å²) in [5, 5.41) is 2.55. The van der Waals surface area contributed by atoms with Gasteiger partial charge < -0.3 is 5.32 Å². The van der Waals surface area contributed by atoms with Crippen LogP contribution in [0.25, 0.3) is 0 Å². The van der Waals surface area contributed by atoms with Crippen molar-refractivity contribution in [1.29, 1.82) is 0 Å². The van der Waals surface area contributed by atoms with E-state index in [-0.39, 0.29) is 28.3 Å². The second-order valence-electron chi connectivity index (χ2n) is 6.68. The third-order valence-corrected chi connectivity index (χ3v) is 6.38. The van der Waals surface area contributed by atoms with Gasteiger partial charge in [0.05, 0.1) is 21.7 Å². The molecule has 0 atom stereocenters. The van der Waals surface area contributed by atoms with Gasteiger partial charge in [0.15, 0.2) is 0 Å². The van der Waals surface area contributed by atoms with Crippen LogP contribution in [0.15, 0.2) is 83.8 Å². The molecule has 0 saturated carbocycles. The van der Waals surface area contributed by atoms with Crippen molar-refractivity contribution >= 4 is 21.6 Å². The van der Waals surface area contributed by atoms with E-state index in [0.29, 0.717) is 0 Å². The lowest BCUT2D eigenvalue weighted by atomic mass is 10.1. The molecule has 0 bridgehead atoms. The largest absolute Gasteiger partial charge is 0.416 e. The van der Waals surface area contributed by atoms with E-state index < -0.39 is 27.7 Å². The molecule has 1 amide bonds. The highest BCUT2D eigenvalue weighted by atomic mass is 32.2. The minimum atomic E-state index is -4.48. The quantitative estimate of drug-likeness (QED) is 0.606. The van der Waals surface area contributed by atoms with Crippen molar-refractivity contribution in [1.82, 2.24) is 5.32 Å². The van der Waals surface area contributed by atoms with Crippen LogP contribution in [0.4, 0.5) is 18.9 Å². The number of carbonyl (C=O) groups excluding carboxylic acids is 1. The first-order chi connectivity index (χ1) is 14.6. The maximum Gasteiger partial charge on any atom is 0.416 e. The number of hydrogen-bond donors (Lipinski definition) is 1. The molecule has 0 aromatic heterocycles. The highest BCUT2D eigenvalue weighted by Gasteiger charge is 2.30. The Morgan fingerprint density at radius 3 is 2.26 bits per heavy atom. The number of halogens is 3. The summed E-state index contributed by atoms with van der Waals surface area (Å²) in [6.07, 6.45) is -4.48. The van der Waals surface area contributed by atoms with Gasteiger partial charge >= 0.3 is 6.18 Å². The van der Waals surface area contributed by atoms with Crippen molar-refractivity contribution in [2.45, 2.75) is 17.6 Å². The third-order valence-electron chi connectivity index (χ3n) is 4.60. The first kappa shape index (κ1) is 22.4. The van der Waals surface area contributed by atoms with E-state index >= 15 is 0 Å². The van der Waals surface area contributed by atoms with Crippen LogP contribution in [0.1, 0.15) is 21.5 Å². The highest BCUT2D eigenvalue weighted by molar-refractivity contribution is 7.92. The van der Waals surface area contributed by atoms with Crippen LogP contribution >= 0.6 is 0 Å². The van der Waals surface area contributed by atoms with Crippen LogP contribution in [0.2, 0.25) is 0 Å². The minimum Gasteiger partial charge on any atom is -0.348 e. The second-order valence-corrected chi connectivity index (χ2v) is 8.65. The number of sulfonamides is 1. The molecule has 0 aliphatic carbocycles. The fourth-order valence-corrected chi connectivity index (χ4v) is 4.19. The Bertz CT molecular complexity index is 1180. The van der Waals surface area contributed by atoms with E-state index in [1.165, 1.54) is 43.4 Å². The molecule has 162 valence electrons. The van der Waals surface area contributed by atoms with Crippen LogP contribution in [0, 0.1) is 0 Å². The molecular formula is C22H19F3N2O3S. The zero-order valence-electron chi connectivity index (χ0n) is 16.4. The first-order valence-corrected chi connectivity index (χ1v) is 10.6. The summed E-state index contributed by atoms with van der Waals surface area (Å²) in [6, 6.07) is 18.5. The zero-order valence-corrected chi connectivity index (χ0v) is 17.2. The van der Waals surface area contributed by atoms with E-state index in [4.69, 9.17) is 0 Å². The van der Waals surface area contributed by atoms with Gasteiger partial charge in [-0.1, -0.05) is 42.5 Å². The van der Waals surface area contributed by atoms with Gasteiger partial charge in [0.25, 0.3) is 15.9 Å². The summed E-state index contributed by atoms with van der Waals surface area (Å²) in [6.45, 7) is -0.147. The summed E-state index contributed by atoms with van der Waals surface area (Å²) >= 11 is 0. The van der Waals surface area contributed by atoms with Crippen molar-refractivity contribution in [2.75, 3.05) is 11.4 Å². The number of nitrogens with one attached hydrogen (secondary N) is 1. The maximum absolute atomic E-state index is 12.9. The Kier molecular flexibility index (Phi) is 6.35. The maximum atomic E-state index is 12.9. The van der Waals surface area contributed by atoms with Gasteiger partial charge in [0, 0.05) is 13.6 Å². The Hall–Kier alpha value is -3.33. The van der Waals surface area contributed by atoms with E-state index in [1.54, 1.807) is 30.3 Å². The fraction of sp³-hybridized carbons (Fsp3) is 0.136. The molecule has 0 spiro atoms. The Morgan fingerprint density at radius 1 is 0.935 bits per heavy atom. The molecular weight excluding hydrogens is 429 g/mol. The van der Waals surface area contributed by atoms with Crippen molar-refractivity contribution in [2.24, 2.45) is 0 Å². The molecule has 0 saturated heterocycles. The number of hydrogen-bond acceptors (Lipinski definition) is 3. The molecule has 0 aliphatic heterocycles. The van der Waals surface area contributed by atoms with Crippen molar-refractivity contribution in [3.8, 4) is 0 Å². The van der Waals surface area contributed by atoms with Gasteiger partial charge in [-0.3, -0.25) is 9.10 Å². The minimum absolute atomic E-state index is 0.0664. The van der Waals surface area contributed by atoms with Gasteiger partial charge in [-0.2, -0.15) is 13.2 Å². The third kappa shape index (κ3) is 5.05. The molecule has 31 heavy (non-hydrogen) atoms. The lowest BCUT2D eigenvalue weighted by molar-refractivity contribution is -0.137. The topological polar surface area (TPSA) is 66.5 Å². The van der Waals surface area contributed by atoms with E-state index in [2.05, 4.69) is 5.32 Å². The Labute approximate surface area is 178 Å². The molecule has 3 aromatic carbocycles. The molecule has 0 unspecified atom stereocenters. The van der Waals surface area contributed by atoms with Crippen molar-refractivity contribution < 1.29 is 26.4 Å². The van der Waals surface area contributed by atoms with Gasteiger partial charge in [-0.15, -0.1) is 0 Å². The van der Waals surface area contributed by atoms with Crippen LogP contribution in [-0.4, -0.2) is 21.4 Å². The lowest BCUT2D eigenvalue weighted by Gasteiger charge is -2.22. The summed E-state index contributed by atoms with van der Waals surface area (Å²) in [7, 11) is -2.57. The molecule has 1 N–H and O–H groups in total. The molecule has 0 fully saturated rings. The first-order valence-electron chi connectivity index (χ1n) is 9.18. The van der Waals surface area contributed by atoms with Gasteiger partial charge in [0.2, 0.25) is 0 Å². The number of nitrogens with zero attached hydrogens (tertiary/aromatic N) is 1. The molecule has 3 rings (SSSR count). The summed E-state index contributed by atoms with van der Waals surface area (Å²) in [4.78, 5) is 12.8. The summed E-state index contributed by atoms with van der Waals surface area (Å²) < 4.78 is 65.4. The number of carbonyl (C=O) groups is 1. The van der Waals surface area contributed by atoms with Crippen LogP contribution < -0.4 is 9.62 Å². The summed E-state index contributed by atoms with van der Waals surface area (Å²) in [5.41, 5.74) is -0.316. The number of para-hydroxylation sites is 1. The Balaban J connectivity index is 1.83. The molecule has 5 nitrogen and oxygen atoms in total. The second kappa shape index (κ2) is 8.81. The van der Waals surface area contributed by atoms with E-state index in [0.717, 1.165) is 16.4 Å².